The maximum absolute atomic E-state index is 4.79. The van der Waals surface area contributed by atoms with Crippen molar-refractivity contribution in [1.29, 1.82) is 0 Å². The normalized spacial score (nSPS) is 17.7. The molecule has 0 aliphatic heterocycles. The summed E-state index contributed by atoms with van der Waals surface area (Å²) < 4.78 is 0. The molecule has 4 atom stereocenters. The van der Waals surface area contributed by atoms with E-state index in [9.17, 15) is 0 Å². The zero-order valence-corrected chi connectivity index (χ0v) is 39.4. The van der Waals surface area contributed by atoms with Crippen LogP contribution < -0.4 is 0 Å². The van der Waals surface area contributed by atoms with Crippen molar-refractivity contribution >= 4 is 0 Å². The van der Waals surface area contributed by atoms with Crippen LogP contribution in [0.2, 0.25) is 0 Å². The minimum Gasteiger partial charge on any atom is -0.256 e. The van der Waals surface area contributed by atoms with E-state index in [1.807, 2.05) is 36.8 Å². The van der Waals surface area contributed by atoms with Gasteiger partial charge in [-0.05, 0) is 159 Å². The molecule has 0 N–H and O–H groups in total. The van der Waals surface area contributed by atoms with Crippen LogP contribution in [0, 0.1) is 0 Å². The predicted octanol–water partition coefficient (Wildman–Crippen LogP) is 17.6. The lowest BCUT2D eigenvalue weighted by atomic mass is 9.78. The van der Waals surface area contributed by atoms with Gasteiger partial charge >= 0.3 is 0 Å². The maximum atomic E-state index is 4.79. The Balaban J connectivity index is 0.974. The largest absolute Gasteiger partial charge is 0.256 e. The molecule has 3 nitrogen and oxygen atoms in total. The van der Waals surface area contributed by atoms with Crippen molar-refractivity contribution in [3.63, 3.8) is 0 Å². The summed E-state index contributed by atoms with van der Waals surface area (Å²) in [6.45, 7) is 0. The first-order valence-corrected chi connectivity index (χ1v) is 25.2. The van der Waals surface area contributed by atoms with E-state index in [4.69, 9.17) is 4.98 Å². The average Bonchev–Trinajstić information content (AvgIpc) is 4.16. The molecule has 0 spiro atoms. The molecule has 7 aromatic carbocycles. The van der Waals surface area contributed by atoms with Gasteiger partial charge in [-0.15, -0.1) is 0 Å². The van der Waals surface area contributed by atoms with Crippen LogP contribution in [0.5, 0.6) is 0 Å². The summed E-state index contributed by atoms with van der Waals surface area (Å²) in [5.74, 6) is 1.72. The van der Waals surface area contributed by atoms with Crippen molar-refractivity contribution in [2.45, 2.75) is 62.2 Å². The van der Waals surface area contributed by atoms with E-state index in [1.165, 1.54) is 116 Å². The topological polar surface area (TPSA) is 38.7 Å². The van der Waals surface area contributed by atoms with Gasteiger partial charge in [-0.25, -0.2) is 0 Å². The Bertz CT molecular complexity index is 3230. The first kappa shape index (κ1) is 43.3. The van der Waals surface area contributed by atoms with Gasteiger partial charge < -0.3 is 0 Å². The van der Waals surface area contributed by atoms with Gasteiger partial charge in [0.25, 0.3) is 0 Å². The van der Waals surface area contributed by atoms with Gasteiger partial charge in [-0.3, -0.25) is 15.0 Å². The Labute approximate surface area is 412 Å². The van der Waals surface area contributed by atoms with E-state index >= 15 is 0 Å². The second-order valence-electron chi connectivity index (χ2n) is 19.3. The number of hydrogen-bond donors (Lipinski definition) is 0. The Morgan fingerprint density at radius 3 is 1.16 bits per heavy atom. The SMILES string of the molecule is c1ccc(-c2ccc(-c3cc(-c4ccccn4)ccc3-c3ccccc3-c3cc(C4CCCC4c4ccc(-c5ccccn5)cc4)cc(C4CCCC4c4ccc(-c5ccccn5)cc4)c3)cc2)cc1. The van der Waals surface area contributed by atoms with Crippen LogP contribution in [0.4, 0.5) is 0 Å². The van der Waals surface area contributed by atoms with Gasteiger partial charge in [0.2, 0.25) is 0 Å². The molecule has 3 heteroatoms. The predicted molar refractivity (Wildman–Crippen MR) is 289 cm³/mol. The highest BCUT2D eigenvalue weighted by Gasteiger charge is 2.34. The lowest BCUT2D eigenvalue weighted by Gasteiger charge is -2.26. The lowest BCUT2D eigenvalue weighted by Crippen LogP contribution is -2.09. The molecule has 0 radical (unpaired) electrons. The third kappa shape index (κ3) is 8.80. The first-order valence-electron chi connectivity index (χ1n) is 25.2. The minimum atomic E-state index is 0.417. The molecule has 3 aromatic heterocycles. The summed E-state index contributed by atoms with van der Waals surface area (Å²) in [6, 6.07) is 80.6. The lowest BCUT2D eigenvalue weighted by molar-refractivity contribution is 0.608. The smallest absolute Gasteiger partial charge is 0.0702 e. The summed E-state index contributed by atoms with van der Waals surface area (Å²) in [7, 11) is 0. The first-order chi connectivity index (χ1) is 34.7. The monoisotopic (exact) mass is 901 g/mol. The molecule has 10 aromatic rings. The van der Waals surface area contributed by atoms with E-state index in [0.29, 0.717) is 23.7 Å². The van der Waals surface area contributed by atoms with Gasteiger partial charge in [0.1, 0.15) is 0 Å². The summed E-state index contributed by atoms with van der Waals surface area (Å²) in [4.78, 5) is 14.1. The maximum Gasteiger partial charge on any atom is 0.0702 e. The summed E-state index contributed by atoms with van der Waals surface area (Å²) in [6.07, 6.45) is 12.8. The molecule has 2 saturated carbocycles. The van der Waals surface area contributed by atoms with E-state index < -0.39 is 0 Å². The molecule has 4 unspecified atom stereocenters. The number of benzene rings is 7. The molecule has 70 heavy (non-hydrogen) atoms. The average molecular weight is 902 g/mol. The van der Waals surface area contributed by atoms with Gasteiger partial charge in [0.15, 0.2) is 0 Å². The van der Waals surface area contributed by atoms with Crippen molar-refractivity contribution in [3.8, 4) is 78.3 Å². The Morgan fingerprint density at radius 2 is 0.643 bits per heavy atom. The van der Waals surface area contributed by atoms with Crippen molar-refractivity contribution < 1.29 is 0 Å². The van der Waals surface area contributed by atoms with Crippen molar-refractivity contribution in [2.75, 3.05) is 0 Å². The van der Waals surface area contributed by atoms with Gasteiger partial charge in [0, 0.05) is 35.3 Å². The van der Waals surface area contributed by atoms with Gasteiger partial charge in [-0.1, -0.05) is 189 Å². The molecular weight excluding hydrogens is 847 g/mol. The van der Waals surface area contributed by atoms with E-state index in [0.717, 1.165) is 22.6 Å². The highest BCUT2D eigenvalue weighted by molar-refractivity contribution is 5.94. The summed E-state index contributed by atoms with van der Waals surface area (Å²) in [5, 5.41) is 0. The minimum absolute atomic E-state index is 0.417. The molecular formula is C67H55N3. The van der Waals surface area contributed by atoms with Gasteiger partial charge in [0.05, 0.1) is 17.1 Å². The van der Waals surface area contributed by atoms with Crippen LogP contribution in [0.25, 0.3) is 78.3 Å². The van der Waals surface area contributed by atoms with E-state index in [1.54, 1.807) is 0 Å². The second kappa shape index (κ2) is 19.5. The van der Waals surface area contributed by atoms with Crippen molar-refractivity contribution in [2.24, 2.45) is 0 Å². The van der Waals surface area contributed by atoms with E-state index in [-0.39, 0.29) is 0 Å². The molecule has 2 fully saturated rings. The zero-order chi connectivity index (χ0) is 46.6. The molecule has 0 amide bonds. The van der Waals surface area contributed by atoms with Crippen LogP contribution in [-0.2, 0) is 0 Å². The molecule has 12 rings (SSSR count). The Morgan fingerprint density at radius 1 is 0.243 bits per heavy atom. The number of hydrogen-bond acceptors (Lipinski definition) is 3. The number of nitrogens with zero attached hydrogens (tertiary/aromatic N) is 3. The standard InChI is InChI=1S/C67H55N3/c1-2-14-46(15-3-1)47-25-27-50(28-26-47)64-45-53(67-24-8-11-41-70-67)37-38-63(64)62-17-5-4-16-61(62)56-43-54(59-20-12-18-57(59)48-29-33-51(34-30-48)65-22-6-9-39-68-65)42-55(44-56)60-21-13-19-58(60)49-31-35-52(36-32-49)66-23-7-10-40-69-66/h1-11,14-17,22-45,57-60H,12-13,18-21H2. The molecule has 2 aliphatic carbocycles. The third-order valence-electron chi connectivity index (χ3n) is 15.3. The van der Waals surface area contributed by atoms with Crippen LogP contribution in [-0.4, -0.2) is 15.0 Å². The third-order valence-corrected chi connectivity index (χ3v) is 15.3. The van der Waals surface area contributed by atoms with Gasteiger partial charge in [-0.2, -0.15) is 0 Å². The summed E-state index contributed by atoms with van der Waals surface area (Å²) in [5.41, 5.74) is 22.1. The molecule has 338 valence electrons. The number of rotatable bonds is 11. The van der Waals surface area contributed by atoms with Crippen molar-refractivity contribution in [1.82, 2.24) is 15.0 Å². The van der Waals surface area contributed by atoms with Crippen molar-refractivity contribution in [3.05, 3.63) is 259 Å². The summed E-state index contributed by atoms with van der Waals surface area (Å²) >= 11 is 0. The molecule has 0 saturated heterocycles. The fourth-order valence-electron chi connectivity index (χ4n) is 11.8. The fourth-order valence-corrected chi connectivity index (χ4v) is 11.8. The molecule has 2 aliphatic rings. The Kier molecular flexibility index (Phi) is 12.1. The van der Waals surface area contributed by atoms with Crippen LogP contribution in [0.1, 0.15) is 84.5 Å². The molecule has 0 bridgehead atoms. The highest BCUT2D eigenvalue weighted by atomic mass is 14.7. The fraction of sp³-hybridized carbons (Fsp3) is 0.149. The zero-order valence-electron chi connectivity index (χ0n) is 39.4. The van der Waals surface area contributed by atoms with Crippen LogP contribution in [0.15, 0.2) is 237 Å². The number of aromatic nitrogens is 3. The number of pyridine rings is 3. The highest BCUT2D eigenvalue weighted by Crippen LogP contribution is 2.52. The molecule has 3 heterocycles. The van der Waals surface area contributed by atoms with Crippen LogP contribution in [0.3, 0.4) is 0 Å². The van der Waals surface area contributed by atoms with E-state index in [2.05, 4.69) is 210 Å². The second-order valence-corrected chi connectivity index (χ2v) is 19.3. The Hall–Kier alpha value is -8.01. The quantitative estimate of drug-likeness (QED) is 0.130. The van der Waals surface area contributed by atoms with Crippen LogP contribution >= 0.6 is 0 Å².